The van der Waals surface area contributed by atoms with Crippen molar-refractivity contribution in [3.63, 3.8) is 0 Å². The second-order valence-electron chi connectivity index (χ2n) is 2.21. The maximum absolute atomic E-state index is 5.47. The van der Waals surface area contributed by atoms with Crippen LogP contribution in [0.25, 0.3) is 0 Å². The average Bonchev–Trinajstić information content (AvgIpc) is 1.98. The normalized spacial score (nSPS) is 13.5. The first-order valence-corrected chi connectivity index (χ1v) is 3.54. The Morgan fingerprint density at radius 3 is 2.50 bits per heavy atom. The van der Waals surface area contributed by atoms with Crippen LogP contribution in [0, 0.1) is 0 Å². The Balaban J connectivity index is 2.89. The first-order chi connectivity index (χ1) is 4.81. The lowest BCUT2D eigenvalue weighted by molar-refractivity contribution is 0.121. The van der Waals surface area contributed by atoms with Crippen LogP contribution in [-0.2, 0) is 4.74 Å². The van der Waals surface area contributed by atoms with E-state index in [1.54, 1.807) is 0 Å². The Hall–Kier alpha value is -0.160. The Morgan fingerprint density at radius 2 is 2.00 bits per heavy atom. The van der Waals surface area contributed by atoms with Crippen molar-refractivity contribution in [1.29, 1.82) is 0 Å². The van der Waals surface area contributed by atoms with Gasteiger partial charge in [0.25, 0.3) is 0 Å². The molecular formula is C6H17N3O. The van der Waals surface area contributed by atoms with Crippen molar-refractivity contribution in [3.05, 3.63) is 0 Å². The van der Waals surface area contributed by atoms with E-state index in [1.165, 1.54) is 0 Å². The summed E-state index contributed by atoms with van der Waals surface area (Å²) < 4.78 is 5.14. The van der Waals surface area contributed by atoms with E-state index in [0.29, 0.717) is 26.3 Å². The van der Waals surface area contributed by atoms with Crippen molar-refractivity contribution >= 4 is 0 Å². The summed E-state index contributed by atoms with van der Waals surface area (Å²) in [4.78, 5) is 0. The van der Waals surface area contributed by atoms with Gasteiger partial charge in [-0.05, 0) is 13.0 Å². The molecule has 0 aliphatic rings. The van der Waals surface area contributed by atoms with Gasteiger partial charge in [-0.2, -0.15) is 0 Å². The van der Waals surface area contributed by atoms with Gasteiger partial charge in [0.1, 0.15) is 0 Å². The van der Waals surface area contributed by atoms with Crippen LogP contribution >= 0.6 is 0 Å². The van der Waals surface area contributed by atoms with E-state index in [4.69, 9.17) is 21.9 Å². The third kappa shape index (κ3) is 5.97. The van der Waals surface area contributed by atoms with Crippen LogP contribution in [0.15, 0.2) is 0 Å². The first kappa shape index (κ1) is 9.84. The zero-order valence-corrected chi connectivity index (χ0v) is 6.25. The maximum Gasteiger partial charge on any atom is 0.0629 e. The van der Waals surface area contributed by atoms with Crippen LogP contribution in [0.3, 0.4) is 0 Å². The van der Waals surface area contributed by atoms with Crippen molar-refractivity contribution in [2.45, 2.75) is 12.5 Å². The van der Waals surface area contributed by atoms with Gasteiger partial charge in [0, 0.05) is 19.2 Å². The lowest BCUT2D eigenvalue weighted by atomic mass is 10.3. The summed E-state index contributed by atoms with van der Waals surface area (Å²) >= 11 is 0. The van der Waals surface area contributed by atoms with Crippen molar-refractivity contribution < 1.29 is 4.74 Å². The molecule has 0 aliphatic carbocycles. The third-order valence-corrected chi connectivity index (χ3v) is 1.13. The molecule has 4 nitrogen and oxygen atoms in total. The molecule has 1 unspecified atom stereocenters. The van der Waals surface area contributed by atoms with Gasteiger partial charge in [0.2, 0.25) is 0 Å². The van der Waals surface area contributed by atoms with E-state index in [2.05, 4.69) is 0 Å². The molecule has 0 aromatic carbocycles. The highest BCUT2D eigenvalue weighted by Crippen LogP contribution is 1.81. The monoisotopic (exact) mass is 147 g/mol. The molecule has 4 heteroatoms. The predicted octanol–water partition coefficient (Wildman–Crippen LogP) is -1.36. The summed E-state index contributed by atoms with van der Waals surface area (Å²) in [6.07, 6.45) is 0.886. The van der Waals surface area contributed by atoms with Crippen molar-refractivity contribution in [2.24, 2.45) is 17.2 Å². The maximum atomic E-state index is 5.47. The van der Waals surface area contributed by atoms with Crippen LogP contribution in [0.2, 0.25) is 0 Å². The van der Waals surface area contributed by atoms with Crippen molar-refractivity contribution in [2.75, 3.05) is 26.3 Å². The standard InChI is InChI=1S/C6H17N3O/c7-2-1-3-10-5-6(9)4-8/h6H,1-5,7-9H2. The van der Waals surface area contributed by atoms with Crippen LogP contribution in [0.5, 0.6) is 0 Å². The molecule has 0 saturated heterocycles. The molecule has 0 saturated carbocycles. The summed E-state index contributed by atoms with van der Waals surface area (Å²) in [5, 5.41) is 0. The minimum atomic E-state index is -0.0298. The van der Waals surface area contributed by atoms with Gasteiger partial charge in [-0.1, -0.05) is 0 Å². The Morgan fingerprint density at radius 1 is 1.30 bits per heavy atom. The molecule has 1 atom stereocenters. The highest BCUT2D eigenvalue weighted by Gasteiger charge is 1.96. The minimum Gasteiger partial charge on any atom is -0.380 e. The quantitative estimate of drug-likeness (QED) is 0.405. The van der Waals surface area contributed by atoms with Crippen LogP contribution in [-0.4, -0.2) is 32.3 Å². The van der Waals surface area contributed by atoms with E-state index < -0.39 is 0 Å². The molecule has 0 radical (unpaired) electrons. The van der Waals surface area contributed by atoms with E-state index in [9.17, 15) is 0 Å². The minimum absolute atomic E-state index is 0.0298. The Kier molecular flexibility index (Phi) is 6.84. The van der Waals surface area contributed by atoms with Crippen LogP contribution in [0.1, 0.15) is 6.42 Å². The molecule has 0 aromatic heterocycles. The Labute approximate surface area is 61.7 Å². The number of hydrogen-bond acceptors (Lipinski definition) is 4. The second-order valence-corrected chi connectivity index (χ2v) is 2.21. The molecule has 0 aliphatic heterocycles. The topological polar surface area (TPSA) is 87.3 Å². The zero-order chi connectivity index (χ0) is 7.82. The molecule has 0 fully saturated rings. The van der Waals surface area contributed by atoms with Gasteiger partial charge in [-0.3, -0.25) is 0 Å². The highest BCUT2D eigenvalue weighted by atomic mass is 16.5. The van der Waals surface area contributed by atoms with Gasteiger partial charge in [0.15, 0.2) is 0 Å². The van der Waals surface area contributed by atoms with Gasteiger partial charge < -0.3 is 21.9 Å². The number of ether oxygens (including phenoxy) is 1. The average molecular weight is 147 g/mol. The summed E-state index contributed by atoms with van der Waals surface area (Å²) in [5.41, 5.74) is 16.0. The van der Waals surface area contributed by atoms with Crippen LogP contribution < -0.4 is 17.2 Å². The lowest BCUT2D eigenvalue weighted by Crippen LogP contribution is -2.34. The third-order valence-electron chi connectivity index (χ3n) is 1.13. The number of rotatable bonds is 6. The van der Waals surface area contributed by atoms with Crippen molar-refractivity contribution in [3.8, 4) is 0 Å². The molecule has 0 spiro atoms. The fraction of sp³-hybridized carbons (Fsp3) is 1.00. The lowest BCUT2D eigenvalue weighted by Gasteiger charge is -2.08. The molecule has 0 aromatic rings. The number of hydrogen-bond donors (Lipinski definition) is 3. The SMILES string of the molecule is NCCCOCC(N)CN. The molecule has 0 heterocycles. The molecule has 0 bridgehead atoms. The first-order valence-electron chi connectivity index (χ1n) is 3.54. The van der Waals surface area contributed by atoms with E-state index in [0.717, 1.165) is 6.42 Å². The summed E-state index contributed by atoms with van der Waals surface area (Å²) in [6.45, 7) is 2.36. The van der Waals surface area contributed by atoms with Crippen molar-refractivity contribution in [1.82, 2.24) is 0 Å². The molecule has 0 amide bonds. The van der Waals surface area contributed by atoms with Crippen LogP contribution in [0.4, 0.5) is 0 Å². The number of nitrogens with two attached hydrogens (primary N) is 3. The largest absolute Gasteiger partial charge is 0.380 e. The zero-order valence-electron chi connectivity index (χ0n) is 6.25. The van der Waals surface area contributed by atoms with E-state index in [-0.39, 0.29) is 6.04 Å². The Bertz CT molecular complexity index is 70.0. The summed E-state index contributed by atoms with van der Waals surface area (Å²) in [7, 11) is 0. The fourth-order valence-electron chi connectivity index (χ4n) is 0.488. The summed E-state index contributed by atoms with van der Waals surface area (Å²) in [5.74, 6) is 0. The fourth-order valence-corrected chi connectivity index (χ4v) is 0.488. The second kappa shape index (κ2) is 6.95. The van der Waals surface area contributed by atoms with Gasteiger partial charge >= 0.3 is 0 Å². The smallest absolute Gasteiger partial charge is 0.0629 e. The molecule has 0 rings (SSSR count). The predicted molar refractivity (Wildman–Crippen MR) is 41.5 cm³/mol. The van der Waals surface area contributed by atoms with Gasteiger partial charge in [0.05, 0.1) is 6.61 Å². The van der Waals surface area contributed by atoms with Gasteiger partial charge in [-0.15, -0.1) is 0 Å². The van der Waals surface area contributed by atoms with E-state index in [1.807, 2.05) is 0 Å². The highest BCUT2D eigenvalue weighted by molar-refractivity contribution is 4.58. The van der Waals surface area contributed by atoms with Gasteiger partial charge in [-0.25, -0.2) is 0 Å². The molecule has 62 valence electrons. The molecule has 10 heavy (non-hydrogen) atoms. The summed E-state index contributed by atoms with van der Waals surface area (Å²) in [6, 6.07) is -0.0298. The molecular weight excluding hydrogens is 130 g/mol. The molecule has 6 N–H and O–H groups in total. The van der Waals surface area contributed by atoms with E-state index >= 15 is 0 Å².